The van der Waals surface area contributed by atoms with Crippen molar-refractivity contribution in [2.24, 2.45) is 0 Å². The first kappa shape index (κ1) is 10.6. The average molecular weight is 207 g/mol. The van der Waals surface area contributed by atoms with Crippen LogP contribution < -0.4 is 5.32 Å². The largest absolute Gasteiger partial charge is 0.317 e. The van der Waals surface area contributed by atoms with E-state index in [4.69, 9.17) is 0 Å². The Labute approximate surface area is 90.7 Å². The summed E-state index contributed by atoms with van der Waals surface area (Å²) in [5, 5.41) is 3.35. The maximum Gasteiger partial charge on any atom is 0.129 e. The summed E-state index contributed by atoms with van der Waals surface area (Å²) in [5.41, 5.74) is 2.87. The third-order valence-corrected chi connectivity index (χ3v) is 3.27. The minimum atomic E-state index is -0.0484. The summed E-state index contributed by atoms with van der Waals surface area (Å²) in [6.45, 7) is 5.88. The van der Waals surface area contributed by atoms with Gasteiger partial charge in [0.2, 0.25) is 0 Å². The van der Waals surface area contributed by atoms with Gasteiger partial charge < -0.3 is 5.32 Å². The summed E-state index contributed by atoms with van der Waals surface area (Å²) in [4.78, 5) is 0. The molecule has 15 heavy (non-hydrogen) atoms. The van der Waals surface area contributed by atoms with Crippen LogP contribution in [0.2, 0.25) is 0 Å². The molecule has 0 aromatic heterocycles. The molecule has 1 N–H and O–H groups in total. The number of benzene rings is 1. The Balaban J connectivity index is 2.27. The van der Waals surface area contributed by atoms with Gasteiger partial charge >= 0.3 is 0 Å². The number of aryl methyl sites for hydroxylation is 2. The molecule has 1 saturated heterocycles. The Morgan fingerprint density at radius 1 is 1.13 bits per heavy atom. The summed E-state index contributed by atoms with van der Waals surface area (Å²) in [5.74, 6) is 0.567. The lowest BCUT2D eigenvalue weighted by Crippen LogP contribution is -2.26. The lowest BCUT2D eigenvalue weighted by Gasteiger charge is -2.23. The first-order chi connectivity index (χ1) is 7.18. The van der Waals surface area contributed by atoms with E-state index in [1.54, 1.807) is 0 Å². The summed E-state index contributed by atoms with van der Waals surface area (Å²) in [7, 11) is 0. The minimum Gasteiger partial charge on any atom is -0.317 e. The van der Waals surface area contributed by atoms with Crippen LogP contribution in [0.5, 0.6) is 0 Å². The molecule has 0 atom stereocenters. The van der Waals surface area contributed by atoms with E-state index >= 15 is 0 Å². The number of nitrogens with one attached hydrogen (secondary N) is 1. The van der Waals surface area contributed by atoms with Gasteiger partial charge in [-0.25, -0.2) is 4.39 Å². The highest BCUT2D eigenvalue weighted by Crippen LogP contribution is 2.27. The van der Waals surface area contributed by atoms with Crippen molar-refractivity contribution >= 4 is 0 Å². The van der Waals surface area contributed by atoms with Crippen LogP contribution >= 0.6 is 0 Å². The van der Waals surface area contributed by atoms with Crippen LogP contribution in [0, 0.1) is 19.7 Å². The summed E-state index contributed by atoms with van der Waals surface area (Å²) < 4.78 is 13.5. The highest BCUT2D eigenvalue weighted by atomic mass is 19.1. The van der Waals surface area contributed by atoms with Gasteiger partial charge in [-0.3, -0.25) is 0 Å². The fourth-order valence-corrected chi connectivity index (χ4v) is 2.37. The third-order valence-electron chi connectivity index (χ3n) is 3.27. The monoisotopic (exact) mass is 207 g/mol. The molecular weight excluding hydrogens is 189 g/mol. The number of halogens is 1. The van der Waals surface area contributed by atoms with Crippen LogP contribution in [0.25, 0.3) is 0 Å². The minimum absolute atomic E-state index is 0.0484. The molecule has 1 nitrogen and oxygen atoms in total. The molecule has 0 amide bonds. The fourth-order valence-electron chi connectivity index (χ4n) is 2.37. The van der Waals surface area contributed by atoms with E-state index in [0.29, 0.717) is 5.92 Å². The molecular formula is C13H18FN. The summed E-state index contributed by atoms with van der Waals surface area (Å²) in [6, 6.07) is 4.02. The van der Waals surface area contributed by atoms with Crippen molar-refractivity contribution in [3.05, 3.63) is 34.6 Å². The Morgan fingerprint density at radius 2 is 1.67 bits per heavy atom. The van der Waals surface area contributed by atoms with Crippen LogP contribution in [-0.2, 0) is 0 Å². The van der Waals surface area contributed by atoms with Crippen molar-refractivity contribution < 1.29 is 4.39 Å². The van der Waals surface area contributed by atoms with Crippen molar-refractivity contribution in [3.63, 3.8) is 0 Å². The topological polar surface area (TPSA) is 12.0 Å². The molecule has 0 saturated carbocycles. The molecule has 0 aliphatic carbocycles. The van der Waals surface area contributed by atoms with E-state index in [2.05, 4.69) is 5.32 Å². The molecule has 1 aliphatic heterocycles. The van der Waals surface area contributed by atoms with E-state index in [1.807, 2.05) is 26.0 Å². The van der Waals surface area contributed by atoms with Gasteiger partial charge in [-0.1, -0.05) is 12.1 Å². The van der Waals surface area contributed by atoms with Crippen molar-refractivity contribution in [2.75, 3.05) is 13.1 Å². The Hall–Kier alpha value is -0.890. The zero-order valence-electron chi connectivity index (χ0n) is 9.44. The van der Waals surface area contributed by atoms with E-state index in [1.165, 1.54) is 18.4 Å². The molecule has 1 fully saturated rings. The van der Waals surface area contributed by atoms with Gasteiger partial charge in [-0.2, -0.15) is 0 Å². The smallest absolute Gasteiger partial charge is 0.129 e. The number of piperidine rings is 1. The SMILES string of the molecule is Cc1cc(C2CCNCC2)cc(C)c1F. The lowest BCUT2D eigenvalue weighted by atomic mass is 9.88. The molecule has 2 rings (SSSR count). The normalized spacial score (nSPS) is 18.1. The van der Waals surface area contributed by atoms with Gasteiger partial charge in [-0.05, 0) is 62.4 Å². The van der Waals surface area contributed by atoms with Crippen molar-refractivity contribution in [3.8, 4) is 0 Å². The van der Waals surface area contributed by atoms with Crippen LogP contribution in [0.1, 0.15) is 35.4 Å². The summed E-state index contributed by atoms with van der Waals surface area (Å²) >= 11 is 0. The highest BCUT2D eigenvalue weighted by molar-refractivity contribution is 5.32. The second-order valence-electron chi connectivity index (χ2n) is 4.49. The van der Waals surface area contributed by atoms with Crippen molar-refractivity contribution in [2.45, 2.75) is 32.6 Å². The van der Waals surface area contributed by atoms with E-state index in [-0.39, 0.29) is 5.82 Å². The first-order valence-corrected chi connectivity index (χ1v) is 5.66. The molecule has 0 bridgehead atoms. The third kappa shape index (κ3) is 2.20. The number of hydrogen-bond acceptors (Lipinski definition) is 1. The number of hydrogen-bond donors (Lipinski definition) is 1. The van der Waals surface area contributed by atoms with Gasteiger partial charge in [0.05, 0.1) is 0 Å². The predicted molar refractivity (Wildman–Crippen MR) is 60.7 cm³/mol. The zero-order chi connectivity index (χ0) is 10.8. The van der Waals surface area contributed by atoms with Crippen molar-refractivity contribution in [1.29, 1.82) is 0 Å². The van der Waals surface area contributed by atoms with Crippen LogP contribution in [0.3, 0.4) is 0 Å². The Bertz CT molecular complexity index is 331. The highest BCUT2D eigenvalue weighted by Gasteiger charge is 2.16. The molecule has 2 heteroatoms. The molecule has 1 aromatic rings. The lowest BCUT2D eigenvalue weighted by molar-refractivity contribution is 0.459. The van der Waals surface area contributed by atoms with E-state index in [0.717, 1.165) is 24.2 Å². The molecule has 0 unspecified atom stereocenters. The van der Waals surface area contributed by atoms with Gasteiger partial charge in [0, 0.05) is 0 Å². The Morgan fingerprint density at radius 3 is 2.20 bits per heavy atom. The second-order valence-corrected chi connectivity index (χ2v) is 4.49. The second kappa shape index (κ2) is 4.31. The maximum atomic E-state index is 13.5. The first-order valence-electron chi connectivity index (χ1n) is 5.66. The van der Waals surface area contributed by atoms with E-state index < -0.39 is 0 Å². The summed E-state index contributed by atoms with van der Waals surface area (Å²) in [6.07, 6.45) is 2.34. The number of rotatable bonds is 1. The molecule has 1 heterocycles. The van der Waals surface area contributed by atoms with Crippen LogP contribution in [0.15, 0.2) is 12.1 Å². The van der Waals surface area contributed by atoms with Crippen molar-refractivity contribution in [1.82, 2.24) is 5.32 Å². The van der Waals surface area contributed by atoms with Gasteiger partial charge in [0.15, 0.2) is 0 Å². The Kier molecular flexibility index (Phi) is 3.06. The zero-order valence-corrected chi connectivity index (χ0v) is 9.44. The molecule has 1 aromatic carbocycles. The predicted octanol–water partition coefficient (Wildman–Crippen LogP) is 2.91. The molecule has 0 spiro atoms. The fraction of sp³-hybridized carbons (Fsp3) is 0.538. The molecule has 0 radical (unpaired) electrons. The van der Waals surface area contributed by atoms with Crippen LogP contribution in [0.4, 0.5) is 4.39 Å². The van der Waals surface area contributed by atoms with Crippen LogP contribution in [-0.4, -0.2) is 13.1 Å². The van der Waals surface area contributed by atoms with E-state index in [9.17, 15) is 4.39 Å². The van der Waals surface area contributed by atoms with Gasteiger partial charge in [-0.15, -0.1) is 0 Å². The maximum absolute atomic E-state index is 13.5. The average Bonchev–Trinajstić information content (AvgIpc) is 2.26. The van der Waals surface area contributed by atoms with Gasteiger partial charge in [0.1, 0.15) is 5.82 Å². The standard InChI is InChI=1S/C13H18FN/c1-9-7-12(8-10(2)13(9)14)11-3-5-15-6-4-11/h7-8,11,15H,3-6H2,1-2H3. The molecule has 82 valence electrons. The molecule has 1 aliphatic rings. The quantitative estimate of drug-likeness (QED) is 0.746. The van der Waals surface area contributed by atoms with Gasteiger partial charge in [0.25, 0.3) is 0 Å².